The number of ketones is 1. The SMILES string of the molecule is C=C1C(=O)O[C@H]2[C@@H]3C(C)=C(O)C(=O)C3=C(C)C[C@H](OC(=O)/C(C)=C\C)[C@H]12. The first-order valence-corrected chi connectivity index (χ1v) is 8.56. The third-order valence-electron chi connectivity index (χ3n) is 5.58. The molecule has 3 rings (SSSR count). The summed E-state index contributed by atoms with van der Waals surface area (Å²) in [5, 5.41) is 10.1. The number of ether oxygens (including phenoxy) is 2. The molecule has 138 valence electrons. The van der Waals surface area contributed by atoms with Gasteiger partial charge in [0.15, 0.2) is 5.76 Å². The van der Waals surface area contributed by atoms with Crippen molar-refractivity contribution < 1.29 is 29.0 Å². The van der Waals surface area contributed by atoms with Gasteiger partial charge in [0.25, 0.3) is 0 Å². The highest BCUT2D eigenvalue weighted by Crippen LogP contribution is 2.49. The van der Waals surface area contributed by atoms with Gasteiger partial charge in [0.1, 0.15) is 12.2 Å². The second kappa shape index (κ2) is 6.27. The van der Waals surface area contributed by atoms with Crippen LogP contribution in [0.2, 0.25) is 0 Å². The second-order valence-corrected chi connectivity index (χ2v) is 7.07. The van der Waals surface area contributed by atoms with Crippen LogP contribution < -0.4 is 0 Å². The van der Waals surface area contributed by atoms with Crippen LogP contribution in [0.5, 0.6) is 0 Å². The van der Waals surface area contributed by atoms with E-state index in [1.807, 2.05) is 0 Å². The predicted molar refractivity (Wildman–Crippen MR) is 93.0 cm³/mol. The first kappa shape index (κ1) is 18.2. The number of Topliss-reactive ketones (excluding diaryl/α,β-unsaturated/α-hetero) is 1. The van der Waals surface area contributed by atoms with Crippen LogP contribution in [0.25, 0.3) is 0 Å². The molecule has 0 spiro atoms. The number of hydrogen-bond acceptors (Lipinski definition) is 6. The van der Waals surface area contributed by atoms with Crippen LogP contribution in [0.4, 0.5) is 0 Å². The number of fused-ring (bicyclic) bond motifs is 3. The second-order valence-electron chi connectivity index (χ2n) is 7.07. The summed E-state index contributed by atoms with van der Waals surface area (Å²) >= 11 is 0. The number of rotatable bonds is 2. The molecule has 0 aromatic carbocycles. The minimum atomic E-state index is -0.722. The monoisotopic (exact) mass is 358 g/mol. The number of aliphatic hydroxyl groups is 1. The molecule has 26 heavy (non-hydrogen) atoms. The molecule has 0 saturated carbocycles. The average molecular weight is 358 g/mol. The van der Waals surface area contributed by atoms with Crippen molar-refractivity contribution in [2.75, 3.05) is 0 Å². The summed E-state index contributed by atoms with van der Waals surface area (Å²) in [6.07, 6.45) is 0.537. The smallest absolute Gasteiger partial charge is 0.334 e. The molecule has 0 unspecified atom stereocenters. The summed E-state index contributed by atoms with van der Waals surface area (Å²) in [4.78, 5) is 37.0. The molecule has 6 heteroatoms. The topological polar surface area (TPSA) is 89.9 Å². The van der Waals surface area contributed by atoms with E-state index in [0.717, 1.165) is 5.57 Å². The van der Waals surface area contributed by atoms with Gasteiger partial charge in [-0.05, 0) is 33.3 Å². The maximum Gasteiger partial charge on any atom is 0.334 e. The van der Waals surface area contributed by atoms with Gasteiger partial charge in [0.2, 0.25) is 5.78 Å². The van der Waals surface area contributed by atoms with Crippen molar-refractivity contribution in [1.82, 2.24) is 0 Å². The highest BCUT2D eigenvalue weighted by atomic mass is 16.6. The van der Waals surface area contributed by atoms with Crippen LogP contribution in [-0.4, -0.2) is 35.0 Å². The van der Waals surface area contributed by atoms with Crippen molar-refractivity contribution in [3.05, 3.63) is 46.3 Å². The fourth-order valence-corrected chi connectivity index (χ4v) is 4.00. The molecule has 1 N–H and O–H groups in total. The molecule has 2 aliphatic carbocycles. The van der Waals surface area contributed by atoms with Crippen molar-refractivity contribution in [2.24, 2.45) is 11.8 Å². The van der Waals surface area contributed by atoms with Gasteiger partial charge in [-0.1, -0.05) is 18.2 Å². The Labute approximate surface area is 151 Å². The average Bonchev–Trinajstić information content (AvgIpc) is 2.96. The summed E-state index contributed by atoms with van der Waals surface area (Å²) < 4.78 is 11.2. The lowest BCUT2D eigenvalue weighted by Gasteiger charge is -2.27. The van der Waals surface area contributed by atoms with Gasteiger partial charge >= 0.3 is 11.9 Å². The molecule has 1 saturated heterocycles. The molecule has 1 heterocycles. The third-order valence-corrected chi connectivity index (χ3v) is 5.58. The van der Waals surface area contributed by atoms with Gasteiger partial charge in [-0.3, -0.25) is 4.79 Å². The molecule has 0 aromatic rings. The van der Waals surface area contributed by atoms with Gasteiger partial charge in [-0.2, -0.15) is 0 Å². The molecule has 1 fully saturated rings. The van der Waals surface area contributed by atoms with Crippen molar-refractivity contribution in [1.29, 1.82) is 0 Å². The van der Waals surface area contributed by atoms with Gasteiger partial charge in [-0.25, -0.2) is 9.59 Å². The van der Waals surface area contributed by atoms with Crippen molar-refractivity contribution in [3.63, 3.8) is 0 Å². The Morgan fingerprint density at radius 1 is 1.35 bits per heavy atom. The number of aliphatic hydroxyl groups excluding tert-OH is 1. The van der Waals surface area contributed by atoms with Gasteiger partial charge in [0, 0.05) is 23.1 Å². The number of carbonyl (C=O) groups is 3. The maximum atomic E-state index is 12.5. The van der Waals surface area contributed by atoms with E-state index in [1.165, 1.54) is 0 Å². The predicted octanol–water partition coefficient (Wildman–Crippen LogP) is 2.71. The van der Waals surface area contributed by atoms with Gasteiger partial charge < -0.3 is 14.6 Å². The van der Waals surface area contributed by atoms with Crippen molar-refractivity contribution in [3.8, 4) is 0 Å². The van der Waals surface area contributed by atoms with Gasteiger partial charge in [0.05, 0.1) is 11.8 Å². The van der Waals surface area contributed by atoms with E-state index in [1.54, 1.807) is 33.8 Å². The summed E-state index contributed by atoms with van der Waals surface area (Å²) in [6, 6.07) is 0. The van der Waals surface area contributed by atoms with E-state index in [2.05, 4.69) is 6.58 Å². The Kier molecular flexibility index (Phi) is 4.38. The van der Waals surface area contributed by atoms with Crippen LogP contribution >= 0.6 is 0 Å². The largest absolute Gasteiger partial charge is 0.504 e. The molecule has 4 atom stereocenters. The number of allylic oxidation sites excluding steroid dienone is 2. The highest BCUT2D eigenvalue weighted by Gasteiger charge is 2.55. The number of hydrogen-bond donors (Lipinski definition) is 1. The van der Waals surface area contributed by atoms with Crippen LogP contribution in [0, 0.1) is 11.8 Å². The normalized spacial score (nSPS) is 31.7. The Morgan fingerprint density at radius 2 is 2.00 bits per heavy atom. The summed E-state index contributed by atoms with van der Waals surface area (Å²) in [5.41, 5.74) is 2.30. The van der Waals surface area contributed by atoms with Gasteiger partial charge in [-0.15, -0.1) is 0 Å². The van der Waals surface area contributed by atoms with Crippen LogP contribution in [0.1, 0.15) is 34.1 Å². The molecular formula is C20H22O6. The minimum Gasteiger partial charge on any atom is -0.504 e. The van der Waals surface area contributed by atoms with E-state index < -0.39 is 41.8 Å². The summed E-state index contributed by atoms with van der Waals surface area (Å²) in [5.74, 6) is -2.89. The fourth-order valence-electron chi connectivity index (χ4n) is 4.00. The molecule has 0 aromatic heterocycles. The van der Waals surface area contributed by atoms with E-state index >= 15 is 0 Å². The van der Waals surface area contributed by atoms with Crippen molar-refractivity contribution >= 4 is 17.7 Å². The minimum absolute atomic E-state index is 0.228. The zero-order chi connectivity index (χ0) is 19.3. The van der Waals surface area contributed by atoms with Crippen LogP contribution in [-0.2, 0) is 23.9 Å². The molecular weight excluding hydrogens is 336 g/mol. The van der Waals surface area contributed by atoms with Crippen molar-refractivity contribution in [2.45, 2.75) is 46.3 Å². The molecule has 0 bridgehead atoms. The first-order chi connectivity index (χ1) is 12.2. The maximum absolute atomic E-state index is 12.5. The molecule has 1 aliphatic heterocycles. The number of carbonyl (C=O) groups excluding carboxylic acids is 3. The van der Waals surface area contributed by atoms with E-state index in [9.17, 15) is 19.5 Å². The Morgan fingerprint density at radius 3 is 2.62 bits per heavy atom. The zero-order valence-electron chi connectivity index (χ0n) is 15.3. The highest BCUT2D eigenvalue weighted by molar-refractivity contribution is 6.11. The quantitative estimate of drug-likeness (QED) is 0.603. The third kappa shape index (κ3) is 2.52. The van der Waals surface area contributed by atoms with E-state index in [0.29, 0.717) is 16.7 Å². The Bertz CT molecular complexity index is 825. The molecule has 0 radical (unpaired) electrons. The van der Waals surface area contributed by atoms with E-state index in [-0.39, 0.29) is 17.8 Å². The molecule has 0 amide bonds. The molecule has 6 nitrogen and oxygen atoms in total. The molecule has 3 aliphatic rings. The standard InChI is InChI=1S/C20H22O6/c1-6-8(2)19(23)25-12-7-9(3)13-15(10(4)16(21)17(13)22)18-14(12)11(5)20(24)26-18/h6,12,14-15,18,21H,5,7H2,1-4H3/b8-6-/t12-,14-,15+,18+/m0/s1. The summed E-state index contributed by atoms with van der Waals surface area (Å²) in [6.45, 7) is 10.6. The summed E-state index contributed by atoms with van der Waals surface area (Å²) in [7, 11) is 0. The Balaban J connectivity index is 2.07. The lowest BCUT2D eigenvalue weighted by molar-refractivity contribution is -0.148. The lowest BCUT2D eigenvalue weighted by Crippen LogP contribution is -2.36. The fraction of sp³-hybridized carbons (Fsp3) is 0.450. The lowest BCUT2D eigenvalue weighted by atomic mass is 9.82. The first-order valence-electron chi connectivity index (χ1n) is 8.56. The number of esters is 2. The van der Waals surface area contributed by atoms with Crippen LogP contribution in [0.15, 0.2) is 46.3 Å². The zero-order valence-corrected chi connectivity index (χ0v) is 15.3. The van der Waals surface area contributed by atoms with Crippen LogP contribution in [0.3, 0.4) is 0 Å². The Hall–Kier alpha value is -2.63. The van der Waals surface area contributed by atoms with E-state index in [4.69, 9.17) is 9.47 Å².